The summed E-state index contributed by atoms with van der Waals surface area (Å²) in [6, 6.07) is -0.546. The van der Waals surface area contributed by atoms with Crippen LogP contribution in [0.15, 0.2) is 0 Å². The summed E-state index contributed by atoms with van der Waals surface area (Å²) in [4.78, 5) is 25.8. The minimum absolute atomic E-state index is 0.00684. The maximum atomic E-state index is 12.2. The van der Waals surface area contributed by atoms with Crippen LogP contribution in [0, 0.1) is 0 Å². The lowest BCUT2D eigenvalue weighted by molar-refractivity contribution is -0.130. The molecule has 0 saturated carbocycles. The molecule has 1 fully saturated rings. The van der Waals surface area contributed by atoms with E-state index in [1.165, 1.54) is 4.90 Å². The monoisotopic (exact) mass is 287 g/mol. The highest BCUT2D eigenvalue weighted by atomic mass is 16.6. The molecule has 0 aromatic heterocycles. The summed E-state index contributed by atoms with van der Waals surface area (Å²) in [6.07, 6.45) is 0.570. The summed E-state index contributed by atoms with van der Waals surface area (Å²) in [5.41, 5.74) is -0.570. The Morgan fingerprint density at radius 1 is 1.35 bits per heavy atom. The molecule has 0 N–H and O–H groups in total. The normalized spacial score (nSPS) is 19.8. The first-order valence-corrected chi connectivity index (χ1v) is 6.94. The molecule has 1 amide bonds. The minimum atomic E-state index is -0.570. The second-order valence-corrected chi connectivity index (χ2v) is 5.83. The van der Waals surface area contributed by atoms with Crippen molar-refractivity contribution in [3.05, 3.63) is 0 Å². The number of nitrogens with zero attached hydrogens (tertiary/aromatic N) is 1. The zero-order chi connectivity index (χ0) is 15.2. The molecule has 116 valence electrons. The summed E-state index contributed by atoms with van der Waals surface area (Å²) in [6.45, 7) is 7.01. The van der Waals surface area contributed by atoms with Crippen LogP contribution in [0.3, 0.4) is 0 Å². The Morgan fingerprint density at radius 2 is 2.05 bits per heavy atom. The third-order valence-electron chi connectivity index (χ3n) is 2.90. The van der Waals surface area contributed by atoms with E-state index >= 15 is 0 Å². The molecule has 20 heavy (non-hydrogen) atoms. The fourth-order valence-corrected chi connectivity index (χ4v) is 1.97. The smallest absolute Gasteiger partial charge is 0.411 e. The lowest BCUT2D eigenvalue weighted by Crippen LogP contribution is -2.53. The largest absolute Gasteiger partial charge is 0.444 e. The van der Waals surface area contributed by atoms with Gasteiger partial charge in [-0.15, -0.1) is 0 Å². The number of carbonyl (C=O) groups excluding carboxylic acids is 2. The average molecular weight is 287 g/mol. The first-order chi connectivity index (χ1) is 9.35. The van der Waals surface area contributed by atoms with Crippen molar-refractivity contribution in [3.63, 3.8) is 0 Å². The van der Waals surface area contributed by atoms with Gasteiger partial charge in [-0.05, 0) is 27.2 Å². The number of Topliss-reactive ketones (excluding diaryl/α,β-unsaturated/α-hetero) is 1. The van der Waals surface area contributed by atoms with Gasteiger partial charge in [0.1, 0.15) is 11.6 Å². The van der Waals surface area contributed by atoms with Gasteiger partial charge in [0.15, 0.2) is 5.78 Å². The van der Waals surface area contributed by atoms with Crippen molar-refractivity contribution in [2.75, 3.05) is 33.5 Å². The quantitative estimate of drug-likeness (QED) is 0.719. The zero-order valence-corrected chi connectivity index (χ0v) is 12.8. The molecule has 0 aromatic carbocycles. The Balaban J connectivity index is 2.61. The zero-order valence-electron chi connectivity index (χ0n) is 12.8. The first kappa shape index (κ1) is 16.9. The number of ether oxygens (including phenoxy) is 3. The van der Waals surface area contributed by atoms with E-state index in [2.05, 4.69) is 0 Å². The van der Waals surface area contributed by atoms with Crippen molar-refractivity contribution in [2.24, 2.45) is 0 Å². The van der Waals surface area contributed by atoms with Crippen LogP contribution >= 0.6 is 0 Å². The second kappa shape index (κ2) is 7.59. The Hall–Kier alpha value is -1.14. The Kier molecular flexibility index (Phi) is 6.42. The van der Waals surface area contributed by atoms with Crippen LogP contribution in [0.5, 0.6) is 0 Å². The highest BCUT2D eigenvalue weighted by Gasteiger charge is 2.34. The van der Waals surface area contributed by atoms with Crippen LogP contribution < -0.4 is 0 Å². The summed E-state index contributed by atoms with van der Waals surface area (Å²) in [5, 5.41) is 0. The lowest BCUT2D eigenvalue weighted by atomic mass is 10.1. The van der Waals surface area contributed by atoms with Crippen molar-refractivity contribution in [1.29, 1.82) is 0 Å². The van der Waals surface area contributed by atoms with E-state index in [-0.39, 0.29) is 12.4 Å². The van der Waals surface area contributed by atoms with Crippen LogP contribution in [0.1, 0.15) is 33.6 Å². The highest BCUT2D eigenvalue weighted by molar-refractivity contribution is 5.87. The van der Waals surface area contributed by atoms with Gasteiger partial charge in [-0.1, -0.05) is 0 Å². The van der Waals surface area contributed by atoms with E-state index in [1.807, 2.05) is 0 Å². The fourth-order valence-electron chi connectivity index (χ4n) is 1.97. The van der Waals surface area contributed by atoms with Crippen LogP contribution in [-0.4, -0.2) is 61.9 Å². The van der Waals surface area contributed by atoms with Gasteiger partial charge in [0.2, 0.25) is 0 Å². The number of ketones is 1. The Labute approximate surface area is 120 Å². The molecule has 0 aromatic rings. The molecule has 0 radical (unpaired) electrons. The maximum Gasteiger partial charge on any atom is 0.411 e. The van der Waals surface area contributed by atoms with E-state index in [0.717, 1.165) is 0 Å². The van der Waals surface area contributed by atoms with E-state index in [4.69, 9.17) is 14.2 Å². The molecule has 1 unspecified atom stereocenters. The van der Waals surface area contributed by atoms with Gasteiger partial charge < -0.3 is 14.2 Å². The van der Waals surface area contributed by atoms with Crippen LogP contribution in [-0.2, 0) is 19.0 Å². The van der Waals surface area contributed by atoms with Gasteiger partial charge in [-0.3, -0.25) is 9.69 Å². The minimum Gasteiger partial charge on any atom is -0.444 e. The van der Waals surface area contributed by atoms with Crippen LogP contribution in [0.4, 0.5) is 4.79 Å². The van der Waals surface area contributed by atoms with Crippen molar-refractivity contribution in [3.8, 4) is 0 Å². The van der Waals surface area contributed by atoms with Gasteiger partial charge in [0.25, 0.3) is 0 Å². The molecule has 1 saturated heterocycles. The van der Waals surface area contributed by atoms with Gasteiger partial charge in [0.05, 0.1) is 13.2 Å². The molecule has 0 aliphatic carbocycles. The lowest BCUT2D eigenvalue weighted by Gasteiger charge is -2.35. The first-order valence-electron chi connectivity index (χ1n) is 6.94. The van der Waals surface area contributed by atoms with Crippen molar-refractivity contribution in [2.45, 2.75) is 45.3 Å². The number of morpholine rings is 1. The molecular weight excluding hydrogens is 262 g/mol. The predicted molar refractivity (Wildman–Crippen MR) is 73.7 cm³/mol. The number of amides is 1. The van der Waals surface area contributed by atoms with E-state index < -0.39 is 17.7 Å². The van der Waals surface area contributed by atoms with Crippen molar-refractivity contribution < 1.29 is 23.8 Å². The Bertz CT molecular complexity index is 337. The van der Waals surface area contributed by atoms with E-state index in [1.54, 1.807) is 27.9 Å². The highest BCUT2D eigenvalue weighted by Crippen LogP contribution is 2.16. The molecular formula is C14H25NO5. The van der Waals surface area contributed by atoms with Gasteiger partial charge in [-0.2, -0.15) is 0 Å². The molecule has 0 bridgehead atoms. The van der Waals surface area contributed by atoms with E-state index in [9.17, 15) is 9.59 Å². The summed E-state index contributed by atoms with van der Waals surface area (Å²) >= 11 is 0. The number of methoxy groups -OCH3 is 1. The van der Waals surface area contributed by atoms with Crippen molar-refractivity contribution >= 4 is 11.9 Å². The number of carbonyl (C=O) groups is 2. The average Bonchev–Trinajstić information content (AvgIpc) is 2.37. The fraction of sp³-hybridized carbons (Fsp3) is 0.857. The summed E-state index contributed by atoms with van der Waals surface area (Å²) in [7, 11) is 1.60. The summed E-state index contributed by atoms with van der Waals surface area (Å²) in [5.74, 6) is -0.00684. The Morgan fingerprint density at radius 3 is 2.65 bits per heavy atom. The predicted octanol–water partition coefficient (Wildman–Crippen LogP) is 1.62. The molecule has 1 aliphatic rings. The summed E-state index contributed by atoms with van der Waals surface area (Å²) < 4.78 is 15.6. The topological polar surface area (TPSA) is 65.1 Å². The third-order valence-corrected chi connectivity index (χ3v) is 2.90. The van der Waals surface area contributed by atoms with Crippen LogP contribution in [0.2, 0.25) is 0 Å². The molecule has 1 atom stereocenters. The van der Waals surface area contributed by atoms with Gasteiger partial charge in [-0.25, -0.2) is 4.79 Å². The number of hydrogen-bond acceptors (Lipinski definition) is 5. The van der Waals surface area contributed by atoms with Crippen molar-refractivity contribution in [1.82, 2.24) is 4.90 Å². The molecule has 1 rings (SSSR count). The maximum absolute atomic E-state index is 12.2. The molecule has 1 aliphatic heterocycles. The van der Waals surface area contributed by atoms with E-state index in [0.29, 0.717) is 32.6 Å². The SMILES string of the molecule is COCCCC(=O)C1COCCN1C(=O)OC(C)(C)C. The van der Waals surface area contributed by atoms with Crippen LogP contribution in [0.25, 0.3) is 0 Å². The third kappa shape index (κ3) is 5.46. The standard InChI is InChI=1S/C14H25NO5/c1-14(2,3)20-13(17)15-7-9-19-10-11(15)12(16)6-5-8-18-4/h11H,5-10H2,1-4H3. The molecule has 6 nitrogen and oxygen atoms in total. The molecule has 6 heteroatoms. The van der Waals surface area contributed by atoms with Gasteiger partial charge in [0, 0.05) is 26.7 Å². The second-order valence-electron chi connectivity index (χ2n) is 5.83. The molecule has 1 heterocycles. The molecule has 0 spiro atoms. The van der Waals surface area contributed by atoms with Gasteiger partial charge >= 0.3 is 6.09 Å². The number of rotatable bonds is 5. The number of hydrogen-bond donors (Lipinski definition) is 0.